The Labute approximate surface area is 111 Å². The van der Waals surface area contributed by atoms with Crippen LogP contribution in [0, 0.1) is 0 Å². The van der Waals surface area contributed by atoms with Gasteiger partial charge in [-0.05, 0) is 44.1 Å². The summed E-state index contributed by atoms with van der Waals surface area (Å²) in [6.45, 7) is 2.10. The minimum absolute atomic E-state index is 0.0232. The fourth-order valence-electron chi connectivity index (χ4n) is 2.35. The van der Waals surface area contributed by atoms with E-state index in [9.17, 15) is 4.79 Å². The van der Waals surface area contributed by atoms with Gasteiger partial charge < -0.3 is 15.0 Å². The number of benzene rings is 1. The van der Waals surface area contributed by atoms with Crippen molar-refractivity contribution in [3.05, 3.63) is 30.1 Å². The summed E-state index contributed by atoms with van der Waals surface area (Å²) in [7, 11) is 0. The number of aromatic amines is 1. The third-order valence-corrected chi connectivity index (χ3v) is 3.48. The Hall–Kier alpha value is -1.72. The zero-order valence-corrected chi connectivity index (χ0v) is 10.7. The summed E-state index contributed by atoms with van der Waals surface area (Å²) >= 11 is 0. The number of H-pyrrole nitrogens is 1. The molecule has 1 aliphatic rings. The standard InChI is InChI=1S/C14H17N3O2/c18-14(8-19-11-3-5-15-6-4-11)10-1-2-12-13(7-10)17-9-16-12/h1-2,7,9,11,15H,3-6,8H2,(H,16,17). The lowest BCUT2D eigenvalue weighted by atomic mass is 10.1. The molecule has 5 nitrogen and oxygen atoms in total. The van der Waals surface area contributed by atoms with E-state index < -0.39 is 0 Å². The molecule has 0 atom stereocenters. The van der Waals surface area contributed by atoms with Crippen LogP contribution in [0.1, 0.15) is 23.2 Å². The lowest BCUT2D eigenvalue weighted by Gasteiger charge is -2.22. The van der Waals surface area contributed by atoms with E-state index in [1.807, 2.05) is 12.1 Å². The van der Waals surface area contributed by atoms with Crippen LogP contribution in [0.5, 0.6) is 0 Å². The van der Waals surface area contributed by atoms with Crippen molar-refractivity contribution in [2.75, 3.05) is 19.7 Å². The quantitative estimate of drug-likeness (QED) is 0.817. The highest BCUT2D eigenvalue weighted by atomic mass is 16.5. The number of hydrogen-bond acceptors (Lipinski definition) is 4. The average Bonchev–Trinajstić information content (AvgIpc) is 2.93. The largest absolute Gasteiger partial charge is 0.370 e. The highest BCUT2D eigenvalue weighted by Gasteiger charge is 2.15. The van der Waals surface area contributed by atoms with E-state index in [1.165, 1.54) is 0 Å². The zero-order valence-electron chi connectivity index (χ0n) is 10.7. The fourth-order valence-corrected chi connectivity index (χ4v) is 2.35. The summed E-state index contributed by atoms with van der Waals surface area (Å²) in [4.78, 5) is 19.2. The van der Waals surface area contributed by atoms with Gasteiger partial charge in [-0.1, -0.05) is 0 Å². The molecule has 3 rings (SSSR count). The van der Waals surface area contributed by atoms with Crippen LogP contribution in [0.3, 0.4) is 0 Å². The normalized spacial score (nSPS) is 16.8. The van der Waals surface area contributed by atoms with Gasteiger partial charge in [-0.25, -0.2) is 4.98 Å². The summed E-state index contributed by atoms with van der Waals surface area (Å²) in [6.07, 6.45) is 3.80. The number of carbonyl (C=O) groups is 1. The van der Waals surface area contributed by atoms with Gasteiger partial charge >= 0.3 is 0 Å². The van der Waals surface area contributed by atoms with Crippen molar-refractivity contribution in [1.82, 2.24) is 15.3 Å². The lowest BCUT2D eigenvalue weighted by Crippen LogP contribution is -2.33. The Morgan fingerprint density at radius 1 is 1.37 bits per heavy atom. The SMILES string of the molecule is O=C(COC1CCNCC1)c1ccc2nc[nH]c2c1. The van der Waals surface area contributed by atoms with Crippen LogP contribution >= 0.6 is 0 Å². The molecule has 0 spiro atoms. The van der Waals surface area contributed by atoms with E-state index in [4.69, 9.17) is 4.74 Å². The Balaban J connectivity index is 1.62. The van der Waals surface area contributed by atoms with E-state index >= 15 is 0 Å². The van der Waals surface area contributed by atoms with E-state index in [0.717, 1.165) is 37.0 Å². The first-order valence-corrected chi connectivity index (χ1v) is 6.61. The average molecular weight is 259 g/mol. The van der Waals surface area contributed by atoms with Crippen molar-refractivity contribution in [3.8, 4) is 0 Å². The molecule has 1 saturated heterocycles. The molecule has 1 fully saturated rings. The summed E-state index contributed by atoms with van der Waals surface area (Å²) in [5, 5.41) is 3.28. The molecule has 1 aliphatic heterocycles. The minimum Gasteiger partial charge on any atom is -0.370 e. The first-order chi connectivity index (χ1) is 9.33. The molecular weight excluding hydrogens is 242 g/mol. The number of Topliss-reactive ketones (excluding diaryl/α,β-unsaturated/α-hetero) is 1. The maximum Gasteiger partial charge on any atom is 0.188 e. The van der Waals surface area contributed by atoms with Gasteiger partial charge in [0.2, 0.25) is 0 Å². The van der Waals surface area contributed by atoms with E-state index in [-0.39, 0.29) is 18.5 Å². The van der Waals surface area contributed by atoms with Crippen LogP contribution < -0.4 is 5.32 Å². The highest BCUT2D eigenvalue weighted by Crippen LogP contribution is 2.13. The number of nitrogens with zero attached hydrogens (tertiary/aromatic N) is 1. The number of piperidine rings is 1. The summed E-state index contributed by atoms with van der Waals surface area (Å²) in [6, 6.07) is 5.48. The van der Waals surface area contributed by atoms with Gasteiger partial charge in [-0.3, -0.25) is 4.79 Å². The third-order valence-electron chi connectivity index (χ3n) is 3.48. The number of rotatable bonds is 4. The first kappa shape index (κ1) is 12.3. The van der Waals surface area contributed by atoms with Gasteiger partial charge in [0.1, 0.15) is 6.61 Å². The second-order valence-electron chi connectivity index (χ2n) is 4.82. The molecule has 0 bridgehead atoms. The van der Waals surface area contributed by atoms with Gasteiger partial charge in [-0.15, -0.1) is 0 Å². The van der Waals surface area contributed by atoms with E-state index in [0.29, 0.717) is 5.56 Å². The summed E-state index contributed by atoms with van der Waals surface area (Å²) < 4.78 is 5.68. The molecule has 1 aromatic heterocycles. The lowest BCUT2D eigenvalue weighted by molar-refractivity contribution is 0.0318. The van der Waals surface area contributed by atoms with Crippen LogP contribution in [-0.4, -0.2) is 41.6 Å². The second-order valence-corrected chi connectivity index (χ2v) is 4.82. The monoisotopic (exact) mass is 259 g/mol. The topological polar surface area (TPSA) is 67.0 Å². The van der Waals surface area contributed by atoms with Crippen molar-refractivity contribution in [1.29, 1.82) is 0 Å². The van der Waals surface area contributed by atoms with Gasteiger partial charge in [0.25, 0.3) is 0 Å². The predicted octanol–water partition coefficient (Wildman–Crippen LogP) is 1.51. The minimum atomic E-state index is 0.0232. The molecule has 2 aromatic rings. The molecular formula is C14H17N3O2. The van der Waals surface area contributed by atoms with E-state index in [1.54, 1.807) is 12.4 Å². The van der Waals surface area contributed by atoms with Crippen molar-refractivity contribution < 1.29 is 9.53 Å². The van der Waals surface area contributed by atoms with Crippen molar-refractivity contribution in [3.63, 3.8) is 0 Å². The molecule has 0 unspecified atom stereocenters. The number of imidazole rings is 1. The molecule has 19 heavy (non-hydrogen) atoms. The van der Waals surface area contributed by atoms with Gasteiger partial charge in [0.15, 0.2) is 5.78 Å². The fraction of sp³-hybridized carbons (Fsp3) is 0.429. The molecule has 2 N–H and O–H groups in total. The Bertz CT molecular complexity index is 573. The number of ether oxygens (including phenoxy) is 1. The summed E-state index contributed by atoms with van der Waals surface area (Å²) in [5.41, 5.74) is 2.43. The maximum atomic E-state index is 12.1. The molecule has 0 aliphatic carbocycles. The van der Waals surface area contributed by atoms with Gasteiger partial charge in [0, 0.05) is 5.56 Å². The third kappa shape index (κ3) is 2.83. The smallest absolute Gasteiger partial charge is 0.188 e. The highest BCUT2D eigenvalue weighted by molar-refractivity contribution is 5.99. The van der Waals surface area contributed by atoms with Crippen molar-refractivity contribution in [2.45, 2.75) is 18.9 Å². The van der Waals surface area contributed by atoms with Crippen LogP contribution in [0.25, 0.3) is 11.0 Å². The van der Waals surface area contributed by atoms with Crippen LogP contribution in [0.15, 0.2) is 24.5 Å². The Morgan fingerprint density at radius 2 is 2.21 bits per heavy atom. The van der Waals surface area contributed by atoms with Crippen LogP contribution in [0.4, 0.5) is 0 Å². The Morgan fingerprint density at radius 3 is 3.05 bits per heavy atom. The number of nitrogens with one attached hydrogen (secondary N) is 2. The number of carbonyl (C=O) groups excluding carboxylic acids is 1. The van der Waals surface area contributed by atoms with Crippen LogP contribution in [-0.2, 0) is 4.74 Å². The molecule has 0 radical (unpaired) electrons. The molecule has 100 valence electrons. The van der Waals surface area contributed by atoms with Crippen LogP contribution in [0.2, 0.25) is 0 Å². The first-order valence-electron chi connectivity index (χ1n) is 6.61. The maximum absolute atomic E-state index is 12.1. The molecule has 2 heterocycles. The van der Waals surface area contributed by atoms with Gasteiger partial charge in [0.05, 0.1) is 23.5 Å². The number of ketones is 1. The van der Waals surface area contributed by atoms with Gasteiger partial charge in [-0.2, -0.15) is 0 Å². The van der Waals surface area contributed by atoms with E-state index in [2.05, 4.69) is 15.3 Å². The molecule has 0 saturated carbocycles. The molecule has 0 amide bonds. The molecule has 1 aromatic carbocycles. The number of fused-ring (bicyclic) bond motifs is 1. The zero-order chi connectivity index (χ0) is 13.1. The predicted molar refractivity (Wildman–Crippen MR) is 72.3 cm³/mol. The van der Waals surface area contributed by atoms with Crippen molar-refractivity contribution >= 4 is 16.8 Å². The molecule has 5 heteroatoms. The number of hydrogen-bond donors (Lipinski definition) is 2. The van der Waals surface area contributed by atoms with Crippen molar-refractivity contribution in [2.24, 2.45) is 0 Å². The summed E-state index contributed by atoms with van der Waals surface area (Å²) in [5.74, 6) is 0.0232. The Kier molecular flexibility index (Phi) is 3.57. The number of aromatic nitrogens is 2. The second kappa shape index (κ2) is 5.50.